The Morgan fingerprint density at radius 3 is 2.27 bits per heavy atom. The van der Waals surface area contributed by atoms with Crippen LogP contribution in [0.2, 0.25) is 0 Å². The number of aromatic nitrogens is 1. The SMILES string of the molecule is CC(N)c1ccc(OC(C)C(C)C)nc1. The number of nitrogens with two attached hydrogens (primary N) is 1. The van der Waals surface area contributed by atoms with Crippen molar-refractivity contribution in [1.29, 1.82) is 0 Å². The Hall–Kier alpha value is -1.09. The molecule has 0 amide bonds. The normalized spacial score (nSPS) is 15.1. The molecule has 0 aliphatic heterocycles. The lowest BCUT2D eigenvalue weighted by atomic mass is 10.1. The van der Waals surface area contributed by atoms with Crippen LogP contribution in [0.15, 0.2) is 18.3 Å². The Kier molecular flexibility index (Phi) is 4.09. The molecule has 0 saturated heterocycles. The Morgan fingerprint density at radius 2 is 1.87 bits per heavy atom. The lowest BCUT2D eigenvalue weighted by Gasteiger charge is -2.17. The first-order valence-corrected chi connectivity index (χ1v) is 5.39. The molecule has 1 aromatic heterocycles. The van der Waals surface area contributed by atoms with E-state index in [-0.39, 0.29) is 12.1 Å². The van der Waals surface area contributed by atoms with Crippen molar-refractivity contribution in [2.45, 2.75) is 39.8 Å². The molecule has 84 valence electrons. The average Bonchev–Trinajstić information content (AvgIpc) is 2.18. The molecule has 1 rings (SSSR count). The second-order valence-corrected chi connectivity index (χ2v) is 4.29. The summed E-state index contributed by atoms with van der Waals surface area (Å²) in [6, 6.07) is 3.85. The summed E-state index contributed by atoms with van der Waals surface area (Å²) in [5, 5.41) is 0. The van der Waals surface area contributed by atoms with Crippen molar-refractivity contribution in [3.8, 4) is 5.88 Å². The smallest absolute Gasteiger partial charge is 0.213 e. The number of rotatable bonds is 4. The van der Waals surface area contributed by atoms with Crippen molar-refractivity contribution in [3.63, 3.8) is 0 Å². The molecule has 2 unspecified atom stereocenters. The average molecular weight is 208 g/mol. The molecule has 15 heavy (non-hydrogen) atoms. The summed E-state index contributed by atoms with van der Waals surface area (Å²) in [5.74, 6) is 1.15. The van der Waals surface area contributed by atoms with Crippen molar-refractivity contribution in [2.75, 3.05) is 0 Å². The highest BCUT2D eigenvalue weighted by Gasteiger charge is 2.09. The molecule has 2 N–H and O–H groups in total. The van der Waals surface area contributed by atoms with Crippen molar-refractivity contribution < 1.29 is 4.74 Å². The maximum absolute atomic E-state index is 5.73. The first-order chi connectivity index (χ1) is 7.00. The van der Waals surface area contributed by atoms with Crippen LogP contribution in [-0.2, 0) is 0 Å². The van der Waals surface area contributed by atoms with E-state index in [0.29, 0.717) is 11.8 Å². The molecular formula is C12H20N2O. The third kappa shape index (κ3) is 3.51. The van der Waals surface area contributed by atoms with E-state index in [9.17, 15) is 0 Å². The topological polar surface area (TPSA) is 48.1 Å². The van der Waals surface area contributed by atoms with Crippen LogP contribution in [0.25, 0.3) is 0 Å². The van der Waals surface area contributed by atoms with Gasteiger partial charge in [0.15, 0.2) is 0 Å². The van der Waals surface area contributed by atoms with E-state index in [1.165, 1.54) is 0 Å². The fourth-order valence-corrected chi connectivity index (χ4v) is 1.06. The third-order valence-corrected chi connectivity index (χ3v) is 2.53. The fourth-order valence-electron chi connectivity index (χ4n) is 1.06. The second-order valence-electron chi connectivity index (χ2n) is 4.29. The molecule has 0 fully saturated rings. The van der Waals surface area contributed by atoms with Gasteiger partial charge in [-0.2, -0.15) is 0 Å². The van der Waals surface area contributed by atoms with E-state index in [1.807, 2.05) is 26.0 Å². The molecule has 0 aliphatic rings. The van der Waals surface area contributed by atoms with Gasteiger partial charge < -0.3 is 10.5 Å². The lowest BCUT2D eigenvalue weighted by Crippen LogP contribution is -2.19. The van der Waals surface area contributed by atoms with Gasteiger partial charge >= 0.3 is 0 Å². The molecule has 1 aromatic rings. The van der Waals surface area contributed by atoms with Gasteiger partial charge in [-0.3, -0.25) is 0 Å². The molecule has 0 saturated carbocycles. The molecular weight excluding hydrogens is 188 g/mol. The van der Waals surface area contributed by atoms with Crippen LogP contribution in [0.1, 0.15) is 39.3 Å². The molecule has 3 nitrogen and oxygen atoms in total. The predicted octanol–water partition coefficient (Wildman–Crippen LogP) is 2.52. The molecule has 0 radical (unpaired) electrons. The predicted molar refractivity (Wildman–Crippen MR) is 61.8 cm³/mol. The highest BCUT2D eigenvalue weighted by Crippen LogP contribution is 2.15. The lowest BCUT2D eigenvalue weighted by molar-refractivity contribution is 0.163. The zero-order valence-corrected chi connectivity index (χ0v) is 9.90. The minimum absolute atomic E-state index is 0.0223. The van der Waals surface area contributed by atoms with Crippen LogP contribution in [0.4, 0.5) is 0 Å². The largest absolute Gasteiger partial charge is 0.474 e. The van der Waals surface area contributed by atoms with E-state index < -0.39 is 0 Å². The Morgan fingerprint density at radius 1 is 1.20 bits per heavy atom. The van der Waals surface area contributed by atoms with E-state index >= 15 is 0 Å². The van der Waals surface area contributed by atoms with E-state index in [0.717, 1.165) is 5.56 Å². The second kappa shape index (κ2) is 5.12. The van der Waals surface area contributed by atoms with Gasteiger partial charge in [-0.25, -0.2) is 4.98 Å². The van der Waals surface area contributed by atoms with Crippen LogP contribution in [0, 0.1) is 5.92 Å². The number of hydrogen-bond acceptors (Lipinski definition) is 3. The van der Waals surface area contributed by atoms with E-state index in [4.69, 9.17) is 10.5 Å². The van der Waals surface area contributed by atoms with Gasteiger partial charge in [0.25, 0.3) is 0 Å². The third-order valence-electron chi connectivity index (χ3n) is 2.53. The zero-order valence-electron chi connectivity index (χ0n) is 9.90. The summed E-state index contributed by atoms with van der Waals surface area (Å²) in [5.41, 5.74) is 6.76. The molecule has 1 heterocycles. The van der Waals surface area contributed by atoms with Crippen LogP contribution in [0.3, 0.4) is 0 Å². The molecule has 0 aliphatic carbocycles. The minimum Gasteiger partial charge on any atom is -0.474 e. The van der Waals surface area contributed by atoms with Crippen molar-refractivity contribution in [1.82, 2.24) is 4.98 Å². The summed E-state index contributed by atoms with van der Waals surface area (Å²) in [6.45, 7) is 8.24. The Balaban J connectivity index is 2.64. The molecule has 0 spiro atoms. The van der Waals surface area contributed by atoms with E-state index in [1.54, 1.807) is 6.20 Å². The van der Waals surface area contributed by atoms with Gasteiger partial charge in [-0.15, -0.1) is 0 Å². The van der Waals surface area contributed by atoms with Gasteiger partial charge in [0.05, 0.1) is 6.10 Å². The molecule has 0 aromatic carbocycles. The summed E-state index contributed by atoms with van der Waals surface area (Å²) in [4.78, 5) is 4.22. The first kappa shape index (κ1) is 12.0. The van der Waals surface area contributed by atoms with Gasteiger partial charge in [0.2, 0.25) is 5.88 Å². The number of hydrogen-bond donors (Lipinski definition) is 1. The minimum atomic E-state index is 0.0223. The molecule has 3 heteroatoms. The maximum atomic E-state index is 5.73. The summed E-state index contributed by atoms with van der Waals surface area (Å²) >= 11 is 0. The number of pyridine rings is 1. The van der Waals surface area contributed by atoms with Crippen molar-refractivity contribution in [3.05, 3.63) is 23.9 Å². The van der Waals surface area contributed by atoms with Crippen LogP contribution >= 0.6 is 0 Å². The Bertz CT molecular complexity index is 293. The van der Waals surface area contributed by atoms with Crippen LogP contribution in [0.5, 0.6) is 5.88 Å². The molecule has 2 atom stereocenters. The summed E-state index contributed by atoms with van der Waals surface area (Å²) in [6.07, 6.45) is 1.95. The fraction of sp³-hybridized carbons (Fsp3) is 0.583. The maximum Gasteiger partial charge on any atom is 0.213 e. The quantitative estimate of drug-likeness (QED) is 0.827. The number of ether oxygens (including phenoxy) is 1. The van der Waals surface area contributed by atoms with Crippen LogP contribution < -0.4 is 10.5 Å². The zero-order chi connectivity index (χ0) is 11.4. The van der Waals surface area contributed by atoms with Crippen LogP contribution in [-0.4, -0.2) is 11.1 Å². The first-order valence-electron chi connectivity index (χ1n) is 5.39. The number of nitrogens with zero attached hydrogens (tertiary/aromatic N) is 1. The van der Waals surface area contributed by atoms with Gasteiger partial charge in [-0.05, 0) is 25.3 Å². The summed E-state index contributed by atoms with van der Waals surface area (Å²) < 4.78 is 5.66. The van der Waals surface area contributed by atoms with Gasteiger partial charge in [0, 0.05) is 18.3 Å². The molecule has 0 bridgehead atoms. The summed E-state index contributed by atoms with van der Waals surface area (Å²) in [7, 11) is 0. The highest BCUT2D eigenvalue weighted by molar-refractivity contribution is 5.20. The van der Waals surface area contributed by atoms with Gasteiger partial charge in [0.1, 0.15) is 0 Å². The highest BCUT2D eigenvalue weighted by atomic mass is 16.5. The monoisotopic (exact) mass is 208 g/mol. The van der Waals surface area contributed by atoms with Gasteiger partial charge in [-0.1, -0.05) is 19.9 Å². The van der Waals surface area contributed by atoms with Crippen molar-refractivity contribution >= 4 is 0 Å². The Labute approximate surface area is 91.7 Å². The van der Waals surface area contributed by atoms with E-state index in [2.05, 4.69) is 18.8 Å². The standard InChI is InChI=1S/C12H20N2O/c1-8(2)10(4)15-12-6-5-11(7-14-12)9(3)13/h5-10H,13H2,1-4H3. The van der Waals surface area contributed by atoms with Crippen molar-refractivity contribution in [2.24, 2.45) is 11.7 Å².